The monoisotopic (exact) mass is 149 g/mol. The van der Waals surface area contributed by atoms with Crippen molar-refractivity contribution in [2.75, 3.05) is 6.61 Å². The fraction of sp³-hybridized carbons (Fsp3) is 1.00. The Balaban J connectivity index is 0.000001000. The van der Waals surface area contributed by atoms with Crippen molar-refractivity contribution in [3.63, 3.8) is 0 Å². The van der Waals surface area contributed by atoms with Crippen LogP contribution in [0.4, 0.5) is 0 Å². The second-order valence-electron chi connectivity index (χ2n) is 3.16. The van der Waals surface area contributed by atoms with E-state index in [0.29, 0.717) is 6.10 Å². The molecule has 11 heavy (non-hydrogen) atoms. The van der Waals surface area contributed by atoms with Gasteiger partial charge in [0.1, 0.15) is 0 Å². The molecule has 0 aromatic rings. The van der Waals surface area contributed by atoms with E-state index in [0.717, 1.165) is 6.61 Å². The SMILES string of the molecule is CCCCCCCC1CO1.[Li]. The van der Waals surface area contributed by atoms with Crippen LogP contribution in [-0.2, 0) is 4.74 Å². The van der Waals surface area contributed by atoms with Gasteiger partial charge in [-0.2, -0.15) is 0 Å². The van der Waals surface area contributed by atoms with Crippen molar-refractivity contribution in [3.8, 4) is 0 Å². The zero-order valence-corrected chi connectivity index (χ0v) is 7.94. The molecule has 0 amide bonds. The third-order valence-electron chi connectivity index (χ3n) is 2.03. The predicted octanol–water partition coefficient (Wildman–Crippen LogP) is 2.36. The van der Waals surface area contributed by atoms with Crippen molar-refractivity contribution < 1.29 is 4.74 Å². The standard InChI is InChI=1S/C9H18O.Li/c1-2-3-4-5-6-7-9-8-10-9;/h9H,2-8H2,1H3;. The fourth-order valence-electron chi connectivity index (χ4n) is 1.21. The van der Waals surface area contributed by atoms with Gasteiger partial charge in [-0.05, 0) is 6.42 Å². The summed E-state index contributed by atoms with van der Waals surface area (Å²) in [5.74, 6) is 0. The van der Waals surface area contributed by atoms with E-state index in [4.69, 9.17) is 4.74 Å². The molecule has 61 valence electrons. The van der Waals surface area contributed by atoms with Gasteiger partial charge in [-0.25, -0.2) is 0 Å². The summed E-state index contributed by atoms with van der Waals surface area (Å²) < 4.78 is 5.12. The maximum absolute atomic E-state index is 5.12. The van der Waals surface area contributed by atoms with E-state index in [2.05, 4.69) is 6.92 Å². The maximum atomic E-state index is 5.12. The third kappa shape index (κ3) is 6.94. The molecule has 1 saturated heterocycles. The van der Waals surface area contributed by atoms with Crippen LogP contribution in [0.25, 0.3) is 0 Å². The van der Waals surface area contributed by atoms with Gasteiger partial charge in [0, 0.05) is 18.9 Å². The Bertz CT molecular complexity index is 81.6. The zero-order valence-electron chi connectivity index (χ0n) is 7.94. The molecule has 2 heteroatoms. The Morgan fingerprint density at radius 3 is 2.36 bits per heavy atom. The molecule has 0 aliphatic carbocycles. The Morgan fingerprint density at radius 1 is 1.18 bits per heavy atom. The molecular weight excluding hydrogens is 131 g/mol. The van der Waals surface area contributed by atoms with Crippen LogP contribution in [-0.4, -0.2) is 31.6 Å². The predicted molar refractivity (Wildman–Crippen MR) is 48.9 cm³/mol. The number of ether oxygens (including phenoxy) is 1. The molecule has 1 aliphatic rings. The second kappa shape index (κ2) is 7.22. The van der Waals surface area contributed by atoms with E-state index in [1.807, 2.05) is 0 Å². The van der Waals surface area contributed by atoms with E-state index in [-0.39, 0.29) is 18.9 Å². The molecule has 1 atom stereocenters. The molecule has 1 heterocycles. The summed E-state index contributed by atoms with van der Waals surface area (Å²) in [7, 11) is 0. The molecule has 0 aromatic heterocycles. The van der Waals surface area contributed by atoms with E-state index in [1.54, 1.807) is 0 Å². The van der Waals surface area contributed by atoms with Crippen molar-refractivity contribution in [1.29, 1.82) is 0 Å². The minimum atomic E-state index is 0. The van der Waals surface area contributed by atoms with Gasteiger partial charge in [0.2, 0.25) is 0 Å². The molecule has 0 bridgehead atoms. The van der Waals surface area contributed by atoms with Crippen LogP contribution in [0, 0.1) is 0 Å². The maximum Gasteiger partial charge on any atom is 0.0810 e. The topological polar surface area (TPSA) is 12.5 Å². The summed E-state index contributed by atoms with van der Waals surface area (Å²) in [6, 6.07) is 0. The average Bonchev–Trinajstić information content (AvgIpc) is 2.71. The zero-order chi connectivity index (χ0) is 7.23. The van der Waals surface area contributed by atoms with Gasteiger partial charge in [0.05, 0.1) is 12.7 Å². The van der Waals surface area contributed by atoms with E-state index < -0.39 is 0 Å². The van der Waals surface area contributed by atoms with Crippen LogP contribution >= 0.6 is 0 Å². The Kier molecular flexibility index (Phi) is 7.59. The number of hydrogen-bond acceptors (Lipinski definition) is 1. The molecule has 1 radical (unpaired) electrons. The first-order valence-corrected chi connectivity index (χ1v) is 4.55. The van der Waals surface area contributed by atoms with Crippen LogP contribution in [0.2, 0.25) is 0 Å². The van der Waals surface area contributed by atoms with Crippen LogP contribution in [0.3, 0.4) is 0 Å². The molecule has 1 unspecified atom stereocenters. The third-order valence-corrected chi connectivity index (χ3v) is 2.03. The van der Waals surface area contributed by atoms with Crippen molar-refractivity contribution in [2.45, 2.75) is 51.6 Å². The molecule has 0 aromatic carbocycles. The van der Waals surface area contributed by atoms with Gasteiger partial charge in [-0.1, -0.05) is 39.0 Å². The molecule has 0 spiro atoms. The van der Waals surface area contributed by atoms with Gasteiger partial charge in [0.25, 0.3) is 0 Å². The Labute approximate surface area is 82.1 Å². The fourth-order valence-corrected chi connectivity index (χ4v) is 1.21. The van der Waals surface area contributed by atoms with Crippen LogP contribution in [0.1, 0.15) is 45.4 Å². The molecule has 1 nitrogen and oxygen atoms in total. The summed E-state index contributed by atoms with van der Waals surface area (Å²) in [6.45, 7) is 3.29. The molecule has 0 N–H and O–H groups in total. The largest absolute Gasteiger partial charge is 0.373 e. The molecule has 1 rings (SSSR count). The molecule has 1 aliphatic heterocycles. The summed E-state index contributed by atoms with van der Waals surface area (Å²) >= 11 is 0. The minimum Gasteiger partial charge on any atom is -0.373 e. The summed E-state index contributed by atoms with van der Waals surface area (Å²) in [5, 5.41) is 0. The van der Waals surface area contributed by atoms with Gasteiger partial charge in [-0.15, -0.1) is 0 Å². The van der Waals surface area contributed by atoms with Crippen LogP contribution in [0.15, 0.2) is 0 Å². The number of hydrogen-bond donors (Lipinski definition) is 0. The van der Waals surface area contributed by atoms with E-state index in [9.17, 15) is 0 Å². The van der Waals surface area contributed by atoms with Crippen molar-refractivity contribution in [1.82, 2.24) is 0 Å². The van der Waals surface area contributed by atoms with Gasteiger partial charge in [-0.3, -0.25) is 0 Å². The first-order valence-electron chi connectivity index (χ1n) is 4.55. The molecule has 1 fully saturated rings. The average molecular weight is 149 g/mol. The quantitative estimate of drug-likeness (QED) is 0.321. The second-order valence-corrected chi connectivity index (χ2v) is 3.16. The van der Waals surface area contributed by atoms with Gasteiger partial charge in [0.15, 0.2) is 0 Å². The van der Waals surface area contributed by atoms with Gasteiger partial charge < -0.3 is 4.74 Å². The first kappa shape index (κ1) is 11.6. The molecular formula is C9H18LiO. The number of unbranched alkanes of at least 4 members (excludes halogenated alkanes) is 4. The summed E-state index contributed by atoms with van der Waals surface area (Å²) in [6.07, 6.45) is 8.93. The molecule has 0 saturated carbocycles. The number of epoxide rings is 1. The van der Waals surface area contributed by atoms with Crippen molar-refractivity contribution in [2.24, 2.45) is 0 Å². The normalized spacial score (nSPS) is 21.0. The van der Waals surface area contributed by atoms with Crippen LogP contribution in [0.5, 0.6) is 0 Å². The van der Waals surface area contributed by atoms with E-state index >= 15 is 0 Å². The van der Waals surface area contributed by atoms with Crippen LogP contribution < -0.4 is 0 Å². The smallest absolute Gasteiger partial charge is 0.0810 e. The number of rotatable bonds is 6. The minimum absolute atomic E-state index is 0. The Morgan fingerprint density at radius 2 is 1.82 bits per heavy atom. The Hall–Kier alpha value is 0.557. The van der Waals surface area contributed by atoms with E-state index in [1.165, 1.54) is 38.5 Å². The summed E-state index contributed by atoms with van der Waals surface area (Å²) in [4.78, 5) is 0. The first-order chi connectivity index (χ1) is 4.93. The summed E-state index contributed by atoms with van der Waals surface area (Å²) in [5.41, 5.74) is 0. The van der Waals surface area contributed by atoms with Crippen molar-refractivity contribution >= 4 is 18.9 Å². The van der Waals surface area contributed by atoms with Gasteiger partial charge >= 0.3 is 0 Å². The van der Waals surface area contributed by atoms with Crippen molar-refractivity contribution in [3.05, 3.63) is 0 Å².